The second kappa shape index (κ2) is 12.6. The number of amides is 2. The van der Waals surface area contributed by atoms with Crippen molar-refractivity contribution in [2.75, 3.05) is 26.2 Å². The summed E-state index contributed by atoms with van der Waals surface area (Å²) in [6.07, 6.45) is 7.01. The number of nitrogens with zero attached hydrogens (tertiary/aromatic N) is 1. The molecule has 1 atom stereocenters. The molecule has 1 saturated heterocycles. The van der Waals surface area contributed by atoms with E-state index in [9.17, 15) is 9.59 Å². The number of hydrogen-bond acceptors (Lipinski definition) is 3. The number of halogens is 1. The SMILES string of the molecule is CC(C)C(=O)NCC1CCCN(C(=O)CCCCCCN)C1.Cl. The maximum Gasteiger partial charge on any atom is 0.222 e. The van der Waals surface area contributed by atoms with Crippen LogP contribution < -0.4 is 11.1 Å². The smallest absolute Gasteiger partial charge is 0.222 e. The van der Waals surface area contributed by atoms with Crippen molar-refractivity contribution in [3.8, 4) is 0 Å². The summed E-state index contributed by atoms with van der Waals surface area (Å²) in [5.41, 5.74) is 5.47. The van der Waals surface area contributed by atoms with E-state index in [4.69, 9.17) is 5.73 Å². The Kier molecular flexibility index (Phi) is 12.1. The predicted molar refractivity (Wildman–Crippen MR) is 96.5 cm³/mol. The molecule has 0 spiro atoms. The highest BCUT2D eigenvalue weighted by molar-refractivity contribution is 5.85. The van der Waals surface area contributed by atoms with Crippen molar-refractivity contribution in [2.24, 2.45) is 17.6 Å². The minimum Gasteiger partial charge on any atom is -0.356 e. The molecule has 6 heteroatoms. The first-order valence-corrected chi connectivity index (χ1v) is 8.80. The van der Waals surface area contributed by atoms with E-state index >= 15 is 0 Å². The van der Waals surface area contributed by atoms with Gasteiger partial charge in [-0.2, -0.15) is 0 Å². The minimum absolute atomic E-state index is 0. The van der Waals surface area contributed by atoms with Crippen LogP contribution >= 0.6 is 12.4 Å². The van der Waals surface area contributed by atoms with Crippen LogP contribution in [0.4, 0.5) is 0 Å². The molecular formula is C17H34ClN3O2. The fourth-order valence-corrected chi connectivity index (χ4v) is 2.84. The third kappa shape index (κ3) is 9.16. The summed E-state index contributed by atoms with van der Waals surface area (Å²) in [7, 11) is 0. The van der Waals surface area contributed by atoms with Gasteiger partial charge in [0.2, 0.25) is 11.8 Å². The van der Waals surface area contributed by atoms with Gasteiger partial charge in [0.25, 0.3) is 0 Å². The Labute approximate surface area is 147 Å². The molecule has 136 valence electrons. The molecule has 1 aliphatic heterocycles. The molecule has 0 aromatic rings. The second-order valence-corrected chi connectivity index (χ2v) is 6.70. The van der Waals surface area contributed by atoms with Crippen LogP contribution in [0.2, 0.25) is 0 Å². The Morgan fingerprint density at radius 1 is 1.22 bits per heavy atom. The van der Waals surface area contributed by atoms with Crippen LogP contribution in [0.1, 0.15) is 58.8 Å². The topological polar surface area (TPSA) is 75.4 Å². The predicted octanol–water partition coefficient (Wildman–Crippen LogP) is 2.33. The van der Waals surface area contributed by atoms with Crippen LogP contribution in [0.15, 0.2) is 0 Å². The Hall–Kier alpha value is -0.810. The Morgan fingerprint density at radius 3 is 2.57 bits per heavy atom. The van der Waals surface area contributed by atoms with E-state index < -0.39 is 0 Å². The van der Waals surface area contributed by atoms with Crippen molar-refractivity contribution in [1.29, 1.82) is 0 Å². The number of piperidine rings is 1. The molecule has 1 rings (SSSR count). The molecular weight excluding hydrogens is 314 g/mol. The van der Waals surface area contributed by atoms with E-state index in [0.29, 0.717) is 18.9 Å². The molecule has 0 saturated carbocycles. The quantitative estimate of drug-likeness (QED) is 0.628. The molecule has 1 unspecified atom stereocenters. The van der Waals surface area contributed by atoms with Crippen LogP contribution in [0.3, 0.4) is 0 Å². The van der Waals surface area contributed by atoms with E-state index in [1.165, 1.54) is 0 Å². The molecule has 0 aromatic heterocycles. The summed E-state index contributed by atoms with van der Waals surface area (Å²) in [4.78, 5) is 25.8. The molecule has 0 aromatic carbocycles. The molecule has 1 aliphatic rings. The van der Waals surface area contributed by atoms with Gasteiger partial charge < -0.3 is 16.0 Å². The molecule has 1 fully saturated rings. The summed E-state index contributed by atoms with van der Waals surface area (Å²) in [6.45, 7) is 6.89. The molecule has 23 heavy (non-hydrogen) atoms. The third-order valence-electron chi connectivity index (χ3n) is 4.31. The fraction of sp³-hybridized carbons (Fsp3) is 0.882. The van der Waals surface area contributed by atoms with Gasteiger partial charge in [-0.15, -0.1) is 12.4 Å². The number of rotatable bonds is 9. The Morgan fingerprint density at radius 2 is 1.91 bits per heavy atom. The van der Waals surface area contributed by atoms with Crippen LogP contribution in [-0.2, 0) is 9.59 Å². The van der Waals surface area contributed by atoms with Gasteiger partial charge in [0.15, 0.2) is 0 Å². The number of unbranched alkanes of at least 4 members (excludes halogenated alkanes) is 3. The zero-order valence-corrected chi connectivity index (χ0v) is 15.5. The Balaban J connectivity index is 0.00000484. The summed E-state index contributed by atoms with van der Waals surface area (Å²) < 4.78 is 0. The summed E-state index contributed by atoms with van der Waals surface area (Å²) in [6, 6.07) is 0. The molecule has 1 heterocycles. The first-order chi connectivity index (χ1) is 10.5. The molecule has 0 radical (unpaired) electrons. The molecule has 0 aliphatic carbocycles. The average Bonchev–Trinajstić information content (AvgIpc) is 2.52. The highest BCUT2D eigenvalue weighted by atomic mass is 35.5. The van der Waals surface area contributed by atoms with E-state index in [0.717, 1.165) is 58.2 Å². The van der Waals surface area contributed by atoms with Gasteiger partial charge in [0.1, 0.15) is 0 Å². The van der Waals surface area contributed by atoms with Crippen molar-refractivity contribution in [2.45, 2.75) is 58.8 Å². The van der Waals surface area contributed by atoms with Crippen molar-refractivity contribution < 1.29 is 9.59 Å². The number of nitrogens with one attached hydrogen (secondary N) is 1. The highest BCUT2D eigenvalue weighted by Crippen LogP contribution is 2.17. The molecule has 5 nitrogen and oxygen atoms in total. The maximum absolute atomic E-state index is 12.2. The van der Waals surface area contributed by atoms with Gasteiger partial charge >= 0.3 is 0 Å². The summed E-state index contributed by atoms with van der Waals surface area (Å²) in [5.74, 6) is 0.795. The van der Waals surface area contributed by atoms with E-state index in [-0.39, 0.29) is 30.1 Å². The minimum atomic E-state index is 0. The zero-order valence-electron chi connectivity index (χ0n) is 14.7. The first kappa shape index (κ1) is 22.2. The second-order valence-electron chi connectivity index (χ2n) is 6.70. The van der Waals surface area contributed by atoms with E-state index in [2.05, 4.69) is 5.32 Å². The molecule has 3 N–H and O–H groups in total. The van der Waals surface area contributed by atoms with Gasteiger partial charge in [0, 0.05) is 32.0 Å². The van der Waals surface area contributed by atoms with Crippen LogP contribution in [0, 0.1) is 11.8 Å². The van der Waals surface area contributed by atoms with Gasteiger partial charge in [-0.25, -0.2) is 0 Å². The standard InChI is InChI=1S/C17H33N3O2.ClH/c1-14(2)17(22)19-12-15-8-7-11-20(13-15)16(21)9-5-3-4-6-10-18;/h14-15H,3-13,18H2,1-2H3,(H,19,22);1H. The lowest BCUT2D eigenvalue weighted by molar-refractivity contribution is -0.133. The highest BCUT2D eigenvalue weighted by Gasteiger charge is 2.23. The zero-order chi connectivity index (χ0) is 16.4. The average molecular weight is 348 g/mol. The largest absolute Gasteiger partial charge is 0.356 e. The van der Waals surface area contributed by atoms with Crippen LogP contribution in [-0.4, -0.2) is 42.9 Å². The van der Waals surface area contributed by atoms with Crippen molar-refractivity contribution in [1.82, 2.24) is 10.2 Å². The lowest BCUT2D eigenvalue weighted by atomic mass is 9.97. The number of likely N-dealkylation sites (tertiary alicyclic amines) is 1. The molecule has 0 bridgehead atoms. The van der Waals surface area contributed by atoms with Crippen LogP contribution in [0.25, 0.3) is 0 Å². The summed E-state index contributed by atoms with van der Waals surface area (Å²) in [5, 5.41) is 2.99. The lowest BCUT2D eigenvalue weighted by Gasteiger charge is -2.33. The van der Waals surface area contributed by atoms with E-state index in [1.807, 2.05) is 18.7 Å². The summed E-state index contributed by atoms with van der Waals surface area (Å²) >= 11 is 0. The monoisotopic (exact) mass is 347 g/mol. The van der Waals surface area contributed by atoms with Gasteiger partial charge in [-0.05, 0) is 38.1 Å². The first-order valence-electron chi connectivity index (χ1n) is 8.80. The number of carbonyl (C=O) groups is 2. The van der Waals surface area contributed by atoms with Crippen LogP contribution in [0.5, 0.6) is 0 Å². The maximum atomic E-state index is 12.2. The fourth-order valence-electron chi connectivity index (χ4n) is 2.84. The number of carbonyl (C=O) groups excluding carboxylic acids is 2. The lowest BCUT2D eigenvalue weighted by Crippen LogP contribution is -2.44. The number of nitrogens with two attached hydrogens (primary N) is 1. The van der Waals surface area contributed by atoms with Gasteiger partial charge in [0.05, 0.1) is 0 Å². The number of hydrogen-bond donors (Lipinski definition) is 2. The molecule has 2 amide bonds. The van der Waals surface area contributed by atoms with Gasteiger partial charge in [-0.3, -0.25) is 9.59 Å². The third-order valence-corrected chi connectivity index (χ3v) is 4.31. The normalized spacial score (nSPS) is 17.7. The van der Waals surface area contributed by atoms with Crippen molar-refractivity contribution >= 4 is 24.2 Å². The van der Waals surface area contributed by atoms with E-state index in [1.54, 1.807) is 0 Å². The van der Waals surface area contributed by atoms with Crippen molar-refractivity contribution in [3.05, 3.63) is 0 Å². The Bertz CT molecular complexity index is 351. The van der Waals surface area contributed by atoms with Gasteiger partial charge in [-0.1, -0.05) is 26.7 Å². The van der Waals surface area contributed by atoms with Crippen molar-refractivity contribution in [3.63, 3.8) is 0 Å².